The summed E-state index contributed by atoms with van der Waals surface area (Å²) in [6.07, 6.45) is 11.7. The molecular formula is C29H50O5Si. The second-order valence-corrected chi connectivity index (χ2v) is 17.0. The molecule has 0 unspecified atom stereocenters. The number of hydrogen-bond acceptors (Lipinski definition) is 5. The molecule has 35 heavy (non-hydrogen) atoms. The minimum absolute atomic E-state index is 0.0886. The molecule has 0 saturated carbocycles. The zero-order chi connectivity index (χ0) is 26.5. The van der Waals surface area contributed by atoms with E-state index in [4.69, 9.17) is 18.6 Å². The van der Waals surface area contributed by atoms with Gasteiger partial charge in [0.2, 0.25) is 0 Å². The number of allylic oxidation sites excluding steroid dienone is 3. The topological polar surface area (TPSA) is 54.0 Å². The molecule has 1 aliphatic carbocycles. The van der Waals surface area contributed by atoms with Crippen molar-refractivity contribution in [2.45, 2.75) is 98.6 Å². The molecule has 0 N–H and O–H groups in total. The van der Waals surface area contributed by atoms with E-state index in [0.29, 0.717) is 37.9 Å². The van der Waals surface area contributed by atoms with Crippen molar-refractivity contribution in [3.63, 3.8) is 0 Å². The second kappa shape index (κ2) is 11.9. The molecule has 3 atom stereocenters. The molecule has 1 fully saturated rings. The third-order valence-corrected chi connectivity index (χ3v) is 12.9. The first-order chi connectivity index (χ1) is 16.2. The van der Waals surface area contributed by atoms with Gasteiger partial charge in [0.1, 0.15) is 0 Å². The molecule has 200 valence electrons. The lowest BCUT2D eigenvalue weighted by atomic mass is 9.69. The maximum atomic E-state index is 12.1. The van der Waals surface area contributed by atoms with Crippen LogP contribution in [0.2, 0.25) is 18.1 Å². The van der Waals surface area contributed by atoms with Gasteiger partial charge in [-0.1, -0.05) is 57.6 Å². The Morgan fingerprint density at radius 1 is 1.14 bits per heavy atom. The Bertz CT molecular complexity index is 813. The Kier molecular flexibility index (Phi) is 10.2. The van der Waals surface area contributed by atoms with Gasteiger partial charge >= 0.3 is 5.97 Å². The lowest BCUT2D eigenvalue weighted by Crippen LogP contribution is -2.41. The monoisotopic (exact) mass is 506 g/mol. The minimum Gasteiger partial charge on any atom is -0.463 e. The molecule has 6 heteroatoms. The van der Waals surface area contributed by atoms with Gasteiger partial charge in [0, 0.05) is 11.5 Å². The third kappa shape index (κ3) is 7.64. The van der Waals surface area contributed by atoms with Crippen molar-refractivity contribution >= 4 is 14.3 Å². The van der Waals surface area contributed by atoms with Crippen molar-refractivity contribution in [2.75, 3.05) is 26.4 Å². The lowest BCUT2D eigenvalue weighted by Gasteiger charge is -2.40. The van der Waals surface area contributed by atoms with Crippen LogP contribution in [0, 0.1) is 17.3 Å². The summed E-state index contributed by atoms with van der Waals surface area (Å²) in [4.78, 5) is 12.1. The molecule has 1 heterocycles. The number of hydrogen-bond donors (Lipinski definition) is 0. The largest absolute Gasteiger partial charge is 0.463 e. The zero-order valence-electron chi connectivity index (χ0n) is 24.0. The van der Waals surface area contributed by atoms with Crippen molar-refractivity contribution in [1.82, 2.24) is 0 Å². The fourth-order valence-corrected chi connectivity index (χ4v) is 5.71. The molecule has 1 saturated heterocycles. The summed E-state index contributed by atoms with van der Waals surface area (Å²) in [5, 5.41) is 0.214. The van der Waals surface area contributed by atoms with Gasteiger partial charge in [-0.05, 0) is 76.4 Å². The van der Waals surface area contributed by atoms with Gasteiger partial charge in [-0.3, -0.25) is 0 Å². The van der Waals surface area contributed by atoms with Crippen LogP contribution in [0.3, 0.4) is 0 Å². The number of esters is 1. The van der Waals surface area contributed by atoms with Gasteiger partial charge in [0.25, 0.3) is 0 Å². The van der Waals surface area contributed by atoms with Crippen molar-refractivity contribution < 1.29 is 23.4 Å². The SMILES string of the molecule is CCOC(=O)/C(C)=C/C[C@]1(C)C=C[C@H](C2(C)OCCO2)[C@H]1CC/C(C)=C/CO[Si](C)(C)C(C)(C)C. The van der Waals surface area contributed by atoms with Gasteiger partial charge in [-0.2, -0.15) is 0 Å². The first-order valence-electron chi connectivity index (χ1n) is 13.3. The molecule has 5 nitrogen and oxygen atoms in total. The van der Waals surface area contributed by atoms with Crippen LogP contribution in [0.4, 0.5) is 0 Å². The second-order valence-electron chi connectivity index (χ2n) is 12.2. The van der Waals surface area contributed by atoms with Crippen LogP contribution >= 0.6 is 0 Å². The highest BCUT2D eigenvalue weighted by Gasteiger charge is 2.50. The molecule has 0 bridgehead atoms. The number of rotatable bonds is 11. The fourth-order valence-electron chi connectivity index (χ4n) is 4.78. The van der Waals surface area contributed by atoms with Crippen LogP contribution in [-0.4, -0.2) is 46.5 Å². The van der Waals surface area contributed by atoms with E-state index in [9.17, 15) is 4.79 Å². The number of ether oxygens (including phenoxy) is 3. The summed E-state index contributed by atoms with van der Waals surface area (Å²) >= 11 is 0. The normalized spacial score (nSPS) is 27.5. The first kappa shape index (κ1) is 30.0. The van der Waals surface area contributed by atoms with Crippen LogP contribution in [0.15, 0.2) is 35.5 Å². The Hall–Kier alpha value is -1.21. The average molecular weight is 507 g/mol. The molecule has 2 aliphatic rings. The predicted octanol–water partition coefficient (Wildman–Crippen LogP) is 7.21. The summed E-state index contributed by atoms with van der Waals surface area (Å²) in [6.45, 7) is 24.0. The fraction of sp³-hybridized carbons (Fsp3) is 0.759. The van der Waals surface area contributed by atoms with E-state index >= 15 is 0 Å². The van der Waals surface area contributed by atoms with Gasteiger partial charge in [0.05, 0.1) is 26.4 Å². The van der Waals surface area contributed by atoms with Crippen LogP contribution < -0.4 is 0 Å². The summed E-state index contributed by atoms with van der Waals surface area (Å²) in [5.41, 5.74) is 1.93. The van der Waals surface area contributed by atoms with Crippen LogP contribution in [0.25, 0.3) is 0 Å². The highest BCUT2D eigenvalue weighted by Crippen LogP contribution is 2.52. The highest BCUT2D eigenvalue weighted by atomic mass is 28.4. The van der Waals surface area contributed by atoms with E-state index in [-0.39, 0.29) is 22.3 Å². The Morgan fingerprint density at radius 3 is 2.34 bits per heavy atom. The zero-order valence-corrected chi connectivity index (χ0v) is 25.0. The van der Waals surface area contributed by atoms with E-state index in [1.165, 1.54) is 5.57 Å². The molecule has 0 spiro atoms. The standard InChI is InChI=1S/C29H50O5Si/c1-11-31-26(30)23(3)14-17-28(7)18-15-25(29(8)32-20-21-33-29)24(28)13-12-22(2)16-19-34-35(9,10)27(4,5)6/h14-16,18,24-25H,11-13,17,19-21H2,1-10H3/b22-16+,23-14+/t24-,25+,28-/m1/s1. The number of carbonyl (C=O) groups excluding carboxylic acids is 1. The molecule has 0 aromatic rings. The maximum Gasteiger partial charge on any atom is 0.333 e. The molecule has 0 amide bonds. The van der Waals surface area contributed by atoms with Gasteiger partial charge in [-0.15, -0.1) is 0 Å². The maximum absolute atomic E-state index is 12.1. The van der Waals surface area contributed by atoms with Crippen molar-refractivity contribution in [2.24, 2.45) is 17.3 Å². The molecule has 2 rings (SSSR count). The molecule has 0 aromatic heterocycles. The van der Waals surface area contributed by atoms with E-state index in [1.807, 2.05) is 19.9 Å². The smallest absolute Gasteiger partial charge is 0.333 e. The van der Waals surface area contributed by atoms with E-state index in [0.717, 1.165) is 19.3 Å². The average Bonchev–Trinajstić information content (AvgIpc) is 3.34. The summed E-state index contributed by atoms with van der Waals surface area (Å²) < 4.78 is 23.7. The Labute approximate surface area is 215 Å². The Balaban J connectivity index is 2.13. The van der Waals surface area contributed by atoms with Crippen LogP contribution in [0.5, 0.6) is 0 Å². The predicted molar refractivity (Wildman–Crippen MR) is 146 cm³/mol. The van der Waals surface area contributed by atoms with Crippen molar-refractivity contribution in [3.8, 4) is 0 Å². The molecule has 0 radical (unpaired) electrons. The van der Waals surface area contributed by atoms with Gasteiger partial charge in [-0.25, -0.2) is 4.79 Å². The van der Waals surface area contributed by atoms with Gasteiger partial charge < -0.3 is 18.6 Å². The van der Waals surface area contributed by atoms with Crippen LogP contribution in [0.1, 0.15) is 74.7 Å². The molecule has 0 aromatic carbocycles. The Morgan fingerprint density at radius 2 is 1.77 bits per heavy atom. The highest BCUT2D eigenvalue weighted by molar-refractivity contribution is 6.74. The summed E-state index contributed by atoms with van der Waals surface area (Å²) in [7, 11) is -1.75. The molecular weight excluding hydrogens is 456 g/mol. The summed E-state index contributed by atoms with van der Waals surface area (Å²) in [6, 6.07) is 0. The minimum atomic E-state index is -1.75. The first-order valence-corrected chi connectivity index (χ1v) is 16.2. The van der Waals surface area contributed by atoms with E-state index in [1.54, 1.807) is 0 Å². The van der Waals surface area contributed by atoms with Gasteiger partial charge in [0.15, 0.2) is 14.1 Å². The van der Waals surface area contributed by atoms with E-state index < -0.39 is 14.1 Å². The van der Waals surface area contributed by atoms with E-state index in [2.05, 4.69) is 72.9 Å². The number of carbonyl (C=O) groups is 1. The summed E-state index contributed by atoms with van der Waals surface area (Å²) in [5.74, 6) is -0.327. The van der Waals surface area contributed by atoms with Crippen molar-refractivity contribution in [1.29, 1.82) is 0 Å². The molecule has 1 aliphatic heterocycles. The van der Waals surface area contributed by atoms with Crippen LogP contribution in [-0.2, 0) is 23.4 Å². The third-order valence-electron chi connectivity index (χ3n) is 8.41. The quantitative estimate of drug-likeness (QED) is 0.128. The van der Waals surface area contributed by atoms with Crippen molar-refractivity contribution in [3.05, 3.63) is 35.5 Å². The lowest BCUT2D eigenvalue weighted by molar-refractivity contribution is -0.185.